The second-order valence-corrected chi connectivity index (χ2v) is 9.28. The summed E-state index contributed by atoms with van der Waals surface area (Å²) in [5.41, 5.74) is 0.229. The molecule has 1 N–H and O–H groups in total. The van der Waals surface area contributed by atoms with Gasteiger partial charge in [-0.15, -0.1) is 0 Å². The molecule has 0 aliphatic heterocycles. The minimum absolute atomic E-state index is 0.229. The van der Waals surface area contributed by atoms with Crippen LogP contribution in [0.4, 0.5) is 0 Å². The van der Waals surface area contributed by atoms with Crippen LogP contribution in [-0.4, -0.2) is 32.5 Å². The fraction of sp³-hybridized carbons (Fsp3) is 1.00. The highest BCUT2D eigenvalue weighted by atomic mass is 32.2. The van der Waals surface area contributed by atoms with E-state index < -0.39 is 14.6 Å². The van der Waals surface area contributed by atoms with Gasteiger partial charge in [-0.05, 0) is 52.5 Å². The molecule has 0 atom stereocenters. The molecule has 3 nitrogen and oxygen atoms in total. The quantitative estimate of drug-likeness (QED) is 0.826. The molecule has 1 aliphatic carbocycles. The van der Waals surface area contributed by atoms with Crippen LogP contribution >= 0.6 is 0 Å². The summed E-state index contributed by atoms with van der Waals surface area (Å²) < 4.78 is 23.7. The van der Waals surface area contributed by atoms with Crippen molar-refractivity contribution < 1.29 is 8.42 Å². The molecule has 0 radical (unpaired) electrons. The zero-order valence-electron chi connectivity index (χ0n) is 11.7. The Morgan fingerprint density at radius 2 is 1.71 bits per heavy atom. The van der Waals surface area contributed by atoms with E-state index in [2.05, 4.69) is 5.32 Å². The summed E-state index contributed by atoms with van der Waals surface area (Å²) in [6, 6.07) is 0. The molecule has 0 spiro atoms. The molecule has 1 rings (SSSR count). The Hall–Kier alpha value is -0.0900. The fourth-order valence-electron chi connectivity index (χ4n) is 2.67. The number of nitrogens with one attached hydrogen (secondary N) is 1. The summed E-state index contributed by atoms with van der Waals surface area (Å²) in [7, 11) is -1.01. The van der Waals surface area contributed by atoms with Crippen LogP contribution in [0, 0.1) is 5.41 Å². The zero-order chi connectivity index (χ0) is 13.2. The molecule has 0 heterocycles. The van der Waals surface area contributed by atoms with E-state index in [0.717, 1.165) is 13.0 Å². The van der Waals surface area contributed by atoms with Gasteiger partial charge in [-0.2, -0.15) is 0 Å². The Morgan fingerprint density at radius 1 is 1.18 bits per heavy atom. The van der Waals surface area contributed by atoms with Gasteiger partial charge in [0.15, 0.2) is 9.84 Å². The Kier molecular flexibility index (Phi) is 4.64. The second-order valence-electron chi connectivity index (χ2n) is 6.42. The summed E-state index contributed by atoms with van der Waals surface area (Å²) in [5.74, 6) is 0.332. The van der Waals surface area contributed by atoms with Gasteiger partial charge in [0.05, 0.1) is 10.5 Å². The van der Waals surface area contributed by atoms with Gasteiger partial charge in [-0.1, -0.05) is 12.8 Å². The van der Waals surface area contributed by atoms with Crippen molar-refractivity contribution in [3.05, 3.63) is 0 Å². The highest BCUT2D eigenvalue weighted by molar-refractivity contribution is 7.92. The molecule has 4 heteroatoms. The Balaban J connectivity index is 2.65. The van der Waals surface area contributed by atoms with Crippen LogP contribution in [0.15, 0.2) is 0 Å². The van der Waals surface area contributed by atoms with Crippen molar-refractivity contribution in [1.82, 2.24) is 5.32 Å². The summed E-state index contributed by atoms with van der Waals surface area (Å²) in [5, 5.41) is 3.23. The van der Waals surface area contributed by atoms with Crippen LogP contribution in [0.3, 0.4) is 0 Å². The van der Waals surface area contributed by atoms with Crippen LogP contribution in [0.5, 0.6) is 0 Å². The van der Waals surface area contributed by atoms with Gasteiger partial charge >= 0.3 is 0 Å². The second kappa shape index (κ2) is 5.27. The topological polar surface area (TPSA) is 46.2 Å². The van der Waals surface area contributed by atoms with Gasteiger partial charge in [0.1, 0.15) is 0 Å². The smallest absolute Gasteiger partial charge is 0.155 e. The lowest BCUT2D eigenvalue weighted by Crippen LogP contribution is -2.36. The van der Waals surface area contributed by atoms with Crippen LogP contribution in [0.25, 0.3) is 0 Å². The summed E-state index contributed by atoms with van der Waals surface area (Å²) >= 11 is 0. The van der Waals surface area contributed by atoms with E-state index >= 15 is 0 Å². The van der Waals surface area contributed by atoms with Gasteiger partial charge in [-0.3, -0.25) is 0 Å². The fourth-order valence-corrected chi connectivity index (χ4v) is 3.99. The third-order valence-corrected chi connectivity index (χ3v) is 6.66. The minimum atomic E-state index is -2.97. The lowest BCUT2D eigenvalue weighted by atomic mass is 9.83. The maximum absolute atomic E-state index is 12.1. The van der Waals surface area contributed by atoms with Crippen molar-refractivity contribution in [2.24, 2.45) is 5.41 Å². The largest absolute Gasteiger partial charge is 0.319 e. The average Bonchev–Trinajstić information content (AvgIpc) is 2.63. The van der Waals surface area contributed by atoms with Gasteiger partial charge in [-0.25, -0.2) is 8.42 Å². The third-order valence-electron chi connectivity index (χ3n) is 4.05. The molecule has 1 aliphatic rings. The molecule has 102 valence electrons. The molecule has 0 bridgehead atoms. The van der Waals surface area contributed by atoms with E-state index in [1.54, 1.807) is 20.8 Å². The van der Waals surface area contributed by atoms with Crippen LogP contribution in [-0.2, 0) is 9.84 Å². The molecule has 0 unspecified atom stereocenters. The molecule has 0 saturated heterocycles. The predicted molar refractivity (Wildman–Crippen MR) is 73.0 cm³/mol. The van der Waals surface area contributed by atoms with E-state index in [1.807, 2.05) is 7.05 Å². The monoisotopic (exact) mass is 261 g/mol. The van der Waals surface area contributed by atoms with Gasteiger partial charge in [0, 0.05) is 6.54 Å². The van der Waals surface area contributed by atoms with Crippen molar-refractivity contribution in [1.29, 1.82) is 0 Å². The summed E-state index contributed by atoms with van der Waals surface area (Å²) in [6.07, 6.45) is 5.66. The van der Waals surface area contributed by atoms with Crippen molar-refractivity contribution in [2.45, 2.75) is 57.6 Å². The maximum Gasteiger partial charge on any atom is 0.155 e. The third kappa shape index (κ3) is 3.68. The molecule has 17 heavy (non-hydrogen) atoms. The molecule has 1 fully saturated rings. The first-order valence-corrected chi connectivity index (χ1v) is 8.25. The number of hydrogen-bond donors (Lipinski definition) is 1. The number of hydrogen-bond acceptors (Lipinski definition) is 3. The molecule has 1 saturated carbocycles. The van der Waals surface area contributed by atoms with Crippen LogP contribution < -0.4 is 5.32 Å². The van der Waals surface area contributed by atoms with Crippen LogP contribution in [0.1, 0.15) is 52.9 Å². The van der Waals surface area contributed by atoms with E-state index in [1.165, 1.54) is 25.7 Å². The molecular formula is C13H27NO2S. The average molecular weight is 261 g/mol. The van der Waals surface area contributed by atoms with Gasteiger partial charge < -0.3 is 5.32 Å². The zero-order valence-corrected chi connectivity index (χ0v) is 12.5. The highest BCUT2D eigenvalue weighted by Gasteiger charge is 2.37. The SMILES string of the molecule is CNCC1(CCS(=O)(=O)C(C)(C)C)CCCC1. The van der Waals surface area contributed by atoms with E-state index in [-0.39, 0.29) is 5.41 Å². The maximum atomic E-state index is 12.1. The van der Waals surface area contributed by atoms with E-state index in [4.69, 9.17) is 0 Å². The predicted octanol–water partition coefficient (Wildman–Crippen LogP) is 2.37. The first-order chi connectivity index (χ1) is 7.72. The number of rotatable bonds is 5. The van der Waals surface area contributed by atoms with Crippen molar-refractivity contribution in [3.8, 4) is 0 Å². The normalized spacial score (nSPS) is 20.7. The Labute approximate surface area is 106 Å². The molecule has 0 aromatic rings. The standard InChI is InChI=1S/C13H27NO2S/c1-12(2,3)17(15,16)10-9-13(11-14-4)7-5-6-8-13/h14H,5-11H2,1-4H3. The lowest BCUT2D eigenvalue weighted by molar-refractivity contribution is 0.277. The van der Waals surface area contributed by atoms with Crippen molar-refractivity contribution in [3.63, 3.8) is 0 Å². The first kappa shape index (κ1) is 15.0. The van der Waals surface area contributed by atoms with Crippen molar-refractivity contribution in [2.75, 3.05) is 19.3 Å². The summed E-state index contributed by atoms with van der Waals surface area (Å²) in [4.78, 5) is 0. The lowest BCUT2D eigenvalue weighted by Gasteiger charge is -2.30. The van der Waals surface area contributed by atoms with Crippen LogP contribution in [0.2, 0.25) is 0 Å². The van der Waals surface area contributed by atoms with E-state index in [0.29, 0.717) is 5.75 Å². The summed E-state index contributed by atoms with van der Waals surface area (Å²) in [6.45, 7) is 6.33. The van der Waals surface area contributed by atoms with Crippen molar-refractivity contribution >= 4 is 9.84 Å². The molecule has 0 amide bonds. The molecule has 0 aromatic heterocycles. The van der Waals surface area contributed by atoms with E-state index in [9.17, 15) is 8.42 Å². The minimum Gasteiger partial charge on any atom is -0.319 e. The Morgan fingerprint density at radius 3 is 2.12 bits per heavy atom. The first-order valence-electron chi connectivity index (χ1n) is 6.59. The molecule has 0 aromatic carbocycles. The Bertz CT molecular complexity index is 335. The molecular weight excluding hydrogens is 234 g/mol. The number of sulfone groups is 1. The van der Waals surface area contributed by atoms with Gasteiger partial charge in [0.25, 0.3) is 0 Å². The van der Waals surface area contributed by atoms with Gasteiger partial charge in [0.2, 0.25) is 0 Å². The highest BCUT2D eigenvalue weighted by Crippen LogP contribution is 2.41.